The summed E-state index contributed by atoms with van der Waals surface area (Å²) < 4.78 is 5.35. The molecule has 0 aromatic carbocycles. The van der Waals surface area contributed by atoms with Gasteiger partial charge in [0.25, 0.3) is 0 Å². The lowest BCUT2D eigenvalue weighted by molar-refractivity contribution is 0.0707. The van der Waals surface area contributed by atoms with Crippen molar-refractivity contribution in [2.24, 2.45) is 0 Å². The first-order valence-electron chi connectivity index (χ1n) is 5.26. The molecule has 0 bridgehead atoms. The van der Waals surface area contributed by atoms with Crippen molar-refractivity contribution in [3.8, 4) is 0 Å². The van der Waals surface area contributed by atoms with Gasteiger partial charge in [-0.15, -0.1) is 0 Å². The maximum atomic E-state index is 9.14. The van der Waals surface area contributed by atoms with Gasteiger partial charge in [0.2, 0.25) is 0 Å². The van der Waals surface area contributed by atoms with Crippen LogP contribution in [0.4, 0.5) is 0 Å². The quantitative estimate of drug-likeness (QED) is 0.582. The molecule has 1 rings (SSSR count). The van der Waals surface area contributed by atoms with E-state index in [1.807, 2.05) is 0 Å². The summed E-state index contributed by atoms with van der Waals surface area (Å²) >= 11 is 0. The fourth-order valence-corrected chi connectivity index (χ4v) is 1.63. The Kier molecular flexibility index (Phi) is 4.70. The van der Waals surface area contributed by atoms with Crippen molar-refractivity contribution < 1.29 is 9.84 Å². The summed E-state index contributed by atoms with van der Waals surface area (Å²) in [6.45, 7) is 4.83. The van der Waals surface area contributed by atoms with Crippen LogP contribution in [0.3, 0.4) is 0 Å². The highest BCUT2D eigenvalue weighted by atomic mass is 16.5. The molecule has 2 N–H and O–H groups in total. The van der Waals surface area contributed by atoms with E-state index in [-0.39, 0.29) is 12.1 Å². The van der Waals surface area contributed by atoms with Crippen molar-refractivity contribution in [1.29, 1.82) is 0 Å². The van der Waals surface area contributed by atoms with E-state index in [1.165, 1.54) is 6.42 Å². The number of ether oxygens (including phenoxy) is 1. The van der Waals surface area contributed by atoms with E-state index in [1.54, 1.807) is 0 Å². The van der Waals surface area contributed by atoms with Crippen molar-refractivity contribution in [3.05, 3.63) is 0 Å². The van der Waals surface area contributed by atoms with Crippen LogP contribution in [-0.2, 0) is 4.74 Å². The van der Waals surface area contributed by atoms with Gasteiger partial charge >= 0.3 is 0 Å². The zero-order chi connectivity index (χ0) is 9.57. The minimum Gasteiger partial charge on any atom is -0.394 e. The second kappa shape index (κ2) is 5.58. The fourth-order valence-electron chi connectivity index (χ4n) is 1.63. The summed E-state index contributed by atoms with van der Waals surface area (Å²) in [5.74, 6) is 0. The van der Waals surface area contributed by atoms with Crippen LogP contribution in [0.15, 0.2) is 0 Å². The highest BCUT2D eigenvalue weighted by molar-refractivity contribution is 4.95. The predicted octanol–water partition coefficient (Wildman–Crippen LogP) is 0.918. The molecular weight excluding hydrogens is 166 g/mol. The van der Waals surface area contributed by atoms with Crippen LogP contribution in [0.1, 0.15) is 32.6 Å². The topological polar surface area (TPSA) is 41.5 Å². The van der Waals surface area contributed by atoms with Gasteiger partial charge in [0.15, 0.2) is 0 Å². The molecule has 0 aromatic heterocycles. The molecular formula is C10H21NO2. The van der Waals surface area contributed by atoms with Gasteiger partial charge in [-0.1, -0.05) is 6.92 Å². The van der Waals surface area contributed by atoms with E-state index in [4.69, 9.17) is 9.84 Å². The third kappa shape index (κ3) is 3.25. The van der Waals surface area contributed by atoms with Gasteiger partial charge in [0.05, 0.1) is 13.2 Å². The molecule has 78 valence electrons. The Morgan fingerprint density at radius 2 is 2.15 bits per heavy atom. The summed E-state index contributed by atoms with van der Waals surface area (Å²) in [5.41, 5.74) is 0.0373. The lowest BCUT2D eigenvalue weighted by Crippen LogP contribution is -2.54. The van der Waals surface area contributed by atoms with Gasteiger partial charge in [-0.25, -0.2) is 0 Å². The second-order valence-corrected chi connectivity index (χ2v) is 3.83. The van der Waals surface area contributed by atoms with Gasteiger partial charge in [0, 0.05) is 18.7 Å². The Hall–Kier alpha value is -0.120. The number of aliphatic hydroxyl groups excluding tert-OH is 1. The molecule has 3 nitrogen and oxygen atoms in total. The fraction of sp³-hybridized carbons (Fsp3) is 1.00. The van der Waals surface area contributed by atoms with Crippen LogP contribution >= 0.6 is 0 Å². The highest BCUT2D eigenvalue weighted by Gasteiger charge is 2.35. The first-order valence-corrected chi connectivity index (χ1v) is 5.26. The zero-order valence-corrected chi connectivity index (χ0v) is 8.51. The van der Waals surface area contributed by atoms with Gasteiger partial charge in [-0.05, 0) is 25.7 Å². The first kappa shape index (κ1) is 11.0. The number of hydrogen-bond acceptors (Lipinski definition) is 3. The predicted molar refractivity (Wildman–Crippen MR) is 52.8 cm³/mol. The molecule has 13 heavy (non-hydrogen) atoms. The Morgan fingerprint density at radius 3 is 2.62 bits per heavy atom. The summed E-state index contributed by atoms with van der Waals surface area (Å²) in [4.78, 5) is 0. The van der Waals surface area contributed by atoms with Gasteiger partial charge < -0.3 is 15.2 Å². The molecule has 1 fully saturated rings. The maximum absolute atomic E-state index is 9.14. The van der Waals surface area contributed by atoms with E-state index in [2.05, 4.69) is 12.2 Å². The van der Waals surface area contributed by atoms with Gasteiger partial charge in [-0.2, -0.15) is 0 Å². The van der Waals surface area contributed by atoms with E-state index < -0.39 is 0 Å². The third-order valence-electron chi connectivity index (χ3n) is 2.71. The lowest BCUT2D eigenvalue weighted by atomic mass is 9.77. The SMILES string of the molecule is CCCOCCNC1(CO)CCC1. The molecule has 1 aliphatic carbocycles. The minimum atomic E-state index is 0.0373. The van der Waals surface area contributed by atoms with Crippen molar-refractivity contribution in [2.75, 3.05) is 26.4 Å². The number of hydrogen-bond donors (Lipinski definition) is 2. The lowest BCUT2D eigenvalue weighted by Gasteiger charge is -2.41. The van der Waals surface area contributed by atoms with Crippen LogP contribution < -0.4 is 5.32 Å². The average Bonchev–Trinajstić information content (AvgIpc) is 2.09. The maximum Gasteiger partial charge on any atom is 0.0613 e. The Bertz CT molecular complexity index is 129. The molecule has 0 amide bonds. The molecule has 0 radical (unpaired) electrons. The molecule has 0 atom stereocenters. The molecule has 1 aliphatic rings. The molecule has 0 spiro atoms. The minimum absolute atomic E-state index is 0.0373. The van der Waals surface area contributed by atoms with Crippen LogP contribution in [0, 0.1) is 0 Å². The van der Waals surface area contributed by atoms with Crippen LogP contribution in [0.5, 0.6) is 0 Å². The van der Waals surface area contributed by atoms with E-state index >= 15 is 0 Å². The molecule has 3 heteroatoms. The standard InChI is InChI=1S/C10H21NO2/c1-2-7-13-8-6-11-10(9-12)4-3-5-10/h11-12H,2-9H2,1H3. The van der Waals surface area contributed by atoms with Crippen LogP contribution in [0.25, 0.3) is 0 Å². The molecule has 0 heterocycles. The number of nitrogens with one attached hydrogen (secondary N) is 1. The van der Waals surface area contributed by atoms with E-state index in [0.29, 0.717) is 0 Å². The summed E-state index contributed by atoms with van der Waals surface area (Å²) in [6.07, 6.45) is 4.53. The molecule has 0 aromatic rings. The van der Waals surface area contributed by atoms with Gasteiger partial charge in [0.1, 0.15) is 0 Å². The van der Waals surface area contributed by atoms with Gasteiger partial charge in [-0.3, -0.25) is 0 Å². The van der Waals surface area contributed by atoms with Crippen molar-refractivity contribution in [3.63, 3.8) is 0 Å². The van der Waals surface area contributed by atoms with Crippen molar-refractivity contribution in [2.45, 2.75) is 38.1 Å². The highest BCUT2D eigenvalue weighted by Crippen LogP contribution is 2.30. The summed E-state index contributed by atoms with van der Waals surface area (Å²) in [6, 6.07) is 0. The summed E-state index contributed by atoms with van der Waals surface area (Å²) in [5, 5.41) is 12.5. The molecule has 0 saturated heterocycles. The smallest absolute Gasteiger partial charge is 0.0613 e. The number of rotatable bonds is 7. The third-order valence-corrected chi connectivity index (χ3v) is 2.71. The molecule has 0 aliphatic heterocycles. The van der Waals surface area contributed by atoms with Crippen molar-refractivity contribution in [1.82, 2.24) is 5.32 Å². The van der Waals surface area contributed by atoms with Crippen molar-refractivity contribution >= 4 is 0 Å². The second-order valence-electron chi connectivity index (χ2n) is 3.83. The Morgan fingerprint density at radius 1 is 1.38 bits per heavy atom. The summed E-state index contributed by atoms with van der Waals surface area (Å²) in [7, 11) is 0. The Balaban J connectivity index is 1.98. The molecule has 0 unspecified atom stereocenters. The first-order chi connectivity index (χ1) is 6.33. The number of aliphatic hydroxyl groups is 1. The normalized spacial score (nSPS) is 19.8. The molecule has 1 saturated carbocycles. The Labute approximate surface area is 80.5 Å². The zero-order valence-electron chi connectivity index (χ0n) is 8.51. The van der Waals surface area contributed by atoms with E-state index in [9.17, 15) is 0 Å². The van der Waals surface area contributed by atoms with E-state index in [0.717, 1.165) is 39.0 Å². The average molecular weight is 187 g/mol. The monoisotopic (exact) mass is 187 g/mol. The van der Waals surface area contributed by atoms with Crippen LogP contribution in [0.2, 0.25) is 0 Å². The van der Waals surface area contributed by atoms with Crippen LogP contribution in [-0.4, -0.2) is 37.0 Å². The largest absolute Gasteiger partial charge is 0.394 e.